The normalized spacial score (nSPS) is 22.2. The number of carbonyl (C=O) groups excluding carboxylic acids is 1. The summed E-state index contributed by atoms with van der Waals surface area (Å²) < 4.78 is 0. The predicted octanol–water partition coefficient (Wildman–Crippen LogP) is 1.51. The summed E-state index contributed by atoms with van der Waals surface area (Å²) in [7, 11) is 0. The van der Waals surface area contributed by atoms with Crippen molar-refractivity contribution in [3.8, 4) is 0 Å². The van der Waals surface area contributed by atoms with Crippen LogP contribution in [0.1, 0.15) is 30.5 Å². The molecule has 0 radical (unpaired) electrons. The smallest absolute Gasteiger partial charge is 0.307 e. The van der Waals surface area contributed by atoms with Crippen molar-refractivity contribution in [3.05, 3.63) is 29.6 Å². The fourth-order valence-electron chi connectivity index (χ4n) is 2.57. The topological polar surface area (TPSA) is 79.3 Å². The summed E-state index contributed by atoms with van der Waals surface area (Å²) in [5.41, 5.74) is 1.84. The highest BCUT2D eigenvalue weighted by Crippen LogP contribution is 2.32. The van der Waals surface area contributed by atoms with Crippen molar-refractivity contribution >= 4 is 11.9 Å². The molecular weight excluding hydrogens is 244 g/mol. The number of carboxylic acids is 1. The summed E-state index contributed by atoms with van der Waals surface area (Å²) in [5, 5.41) is 11.9. The molecule has 1 heterocycles. The monoisotopic (exact) mass is 262 g/mol. The quantitative estimate of drug-likeness (QED) is 0.862. The zero-order chi connectivity index (χ0) is 13.8. The molecule has 0 aromatic carbocycles. The molecule has 2 atom stereocenters. The van der Waals surface area contributed by atoms with Gasteiger partial charge < -0.3 is 10.4 Å². The van der Waals surface area contributed by atoms with E-state index in [9.17, 15) is 9.59 Å². The minimum Gasteiger partial charge on any atom is -0.481 e. The van der Waals surface area contributed by atoms with Crippen LogP contribution in [0.3, 0.4) is 0 Å². The number of aryl methyl sites for hydroxylation is 1. The van der Waals surface area contributed by atoms with E-state index < -0.39 is 17.8 Å². The summed E-state index contributed by atoms with van der Waals surface area (Å²) in [5.74, 6) is -1.98. The molecule has 1 aliphatic rings. The number of aliphatic carboxylic acids is 1. The maximum atomic E-state index is 12.0. The second-order valence-electron chi connectivity index (χ2n) is 4.97. The van der Waals surface area contributed by atoms with Gasteiger partial charge in [-0.15, -0.1) is 0 Å². The number of aromatic nitrogens is 1. The number of amides is 1. The van der Waals surface area contributed by atoms with Crippen molar-refractivity contribution in [2.45, 2.75) is 32.7 Å². The molecule has 1 amide bonds. The molecule has 0 spiro atoms. The van der Waals surface area contributed by atoms with Crippen molar-refractivity contribution in [2.75, 3.05) is 0 Å². The lowest BCUT2D eigenvalue weighted by Crippen LogP contribution is -2.35. The molecule has 1 aromatic heterocycles. The molecule has 19 heavy (non-hydrogen) atoms. The summed E-state index contributed by atoms with van der Waals surface area (Å²) in [6, 6.07) is 3.78. The molecule has 102 valence electrons. The van der Waals surface area contributed by atoms with E-state index in [1.165, 1.54) is 0 Å². The molecule has 0 unspecified atom stereocenters. The first-order chi connectivity index (χ1) is 9.09. The Labute approximate surface area is 112 Å². The Bertz CT molecular complexity index is 487. The number of hydrogen-bond acceptors (Lipinski definition) is 3. The van der Waals surface area contributed by atoms with Gasteiger partial charge in [-0.1, -0.05) is 12.5 Å². The summed E-state index contributed by atoms with van der Waals surface area (Å²) in [6.07, 6.45) is 3.74. The number of pyridine rings is 1. The van der Waals surface area contributed by atoms with Crippen molar-refractivity contribution in [3.63, 3.8) is 0 Å². The van der Waals surface area contributed by atoms with Gasteiger partial charge >= 0.3 is 5.97 Å². The lowest BCUT2D eigenvalue weighted by molar-refractivity contribution is -0.146. The standard InChI is InChI=1S/C14H18N2O3/c1-9-4-3-7-15-12(9)8-16-13(17)10-5-2-6-11(10)14(18)19/h3-4,7,10-11H,2,5-6,8H2,1H3,(H,16,17)(H,18,19)/t10-,11+/m1/s1. The average molecular weight is 262 g/mol. The van der Waals surface area contributed by atoms with E-state index in [-0.39, 0.29) is 5.91 Å². The Kier molecular flexibility index (Phi) is 4.14. The van der Waals surface area contributed by atoms with Crippen molar-refractivity contribution in [2.24, 2.45) is 11.8 Å². The number of rotatable bonds is 4. The van der Waals surface area contributed by atoms with Crippen LogP contribution < -0.4 is 5.32 Å². The van der Waals surface area contributed by atoms with Crippen molar-refractivity contribution in [1.82, 2.24) is 10.3 Å². The number of nitrogens with zero attached hydrogens (tertiary/aromatic N) is 1. The van der Waals surface area contributed by atoms with Crippen LogP contribution in [0.15, 0.2) is 18.3 Å². The molecule has 2 N–H and O–H groups in total. The molecule has 0 aliphatic heterocycles. The molecule has 1 aromatic rings. The van der Waals surface area contributed by atoms with E-state index >= 15 is 0 Å². The van der Waals surface area contributed by atoms with Crippen LogP contribution >= 0.6 is 0 Å². The van der Waals surface area contributed by atoms with Crippen molar-refractivity contribution < 1.29 is 14.7 Å². The third-order valence-corrected chi connectivity index (χ3v) is 3.72. The third kappa shape index (κ3) is 3.10. The fraction of sp³-hybridized carbons (Fsp3) is 0.500. The van der Waals surface area contributed by atoms with Gasteiger partial charge in [0.2, 0.25) is 5.91 Å². The lowest BCUT2D eigenvalue weighted by atomic mass is 9.95. The molecule has 1 aliphatic carbocycles. The van der Waals surface area contributed by atoms with Gasteiger partial charge in [0.1, 0.15) is 0 Å². The number of carbonyl (C=O) groups is 2. The van der Waals surface area contributed by atoms with E-state index in [0.717, 1.165) is 17.7 Å². The molecular formula is C14H18N2O3. The molecule has 1 fully saturated rings. The van der Waals surface area contributed by atoms with Gasteiger partial charge in [0, 0.05) is 6.20 Å². The van der Waals surface area contributed by atoms with Crippen LogP contribution in [0.4, 0.5) is 0 Å². The third-order valence-electron chi connectivity index (χ3n) is 3.72. The van der Waals surface area contributed by atoms with Crippen LogP contribution in [0, 0.1) is 18.8 Å². The second-order valence-corrected chi connectivity index (χ2v) is 4.97. The molecule has 2 rings (SSSR count). The molecule has 5 nitrogen and oxygen atoms in total. The highest BCUT2D eigenvalue weighted by atomic mass is 16.4. The van der Waals surface area contributed by atoms with Crippen LogP contribution in [0.25, 0.3) is 0 Å². The summed E-state index contributed by atoms with van der Waals surface area (Å²) in [4.78, 5) is 27.3. The van der Waals surface area contributed by atoms with Gasteiger partial charge in [0.15, 0.2) is 0 Å². The Morgan fingerprint density at radius 1 is 1.42 bits per heavy atom. The highest BCUT2D eigenvalue weighted by Gasteiger charge is 2.37. The first-order valence-corrected chi connectivity index (χ1v) is 6.50. The van der Waals surface area contributed by atoms with Gasteiger partial charge in [0.05, 0.1) is 24.1 Å². The number of hydrogen-bond donors (Lipinski definition) is 2. The SMILES string of the molecule is Cc1cccnc1CNC(=O)[C@@H]1CCC[C@@H]1C(=O)O. The summed E-state index contributed by atoms with van der Waals surface area (Å²) in [6.45, 7) is 2.29. The molecule has 0 saturated heterocycles. The Balaban J connectivity index is 1.95. The van der Waals surface area contributed by atoms with Gasteiger partial charge in [-0.25, -0.2) is 0 Å². The van der Waals surface area contributed by atoms with E-state index in [0.29, 0.717) is 19.4 Å². The average Bonchev–Trinajstić information content (AvgIpc) is 2.87. The highest BCUT2D eigenvalue weighted by molar-refractivity contribution is 5.85. The predicted molar refractivity (Wildman–Crippen MR) is 69.3 cm³/mol. The van der Waals surface area contributed by atoms with Gasteiger partial charge in [-0.3, -0.25) is 14.6 Å². The minimum absolute atomic E-state index is 0.171. The molecule has 1 saturated carbocycles. The van der Waals surface area contributed by atoms with E-state index in [1.54, 1.807) is 6.20 Å². The largest absolute Gasteiger partial charge is 0.481 e. The van der Waals surface area contributed by atoms with Gasteiger partial charge in [0.25, 0.3) is 0 Å². The van der Waals surface area contributed by atoms with Crippen LogP contribution in [-0.4, -0.2) is 22.0 Å². The maximum absolute atomic E-state index is 12.0. The zero-order valence-corrected chi connectivity index (χ0v) is 10.9. The van der Waals surface area contributed by atoms with E-state index in [1.807, 2.05) is 19.1 Å². The lowest BCUT2D eigenvalue weighted by Gasteiger charge is -2.15. The first kappa shape index (κ1) is 13.5. The summed E-state index contributed by atoms with van der Waals surface area (Å²) >= 11 is 0. The van der Waals surface area contributed by atoms with Gasteiger partial charge in [-0.2, -0.15) is 0 Å². The maximum Gasteiger partial charge on any atom is 0.307 e. The Morgan fingerprint density at radius 2 is 2.16 bits per heavy atom. The van der Waals surface area contributed by atoms with Crippen LogP contribution in [-0.2, 0) is 16.1 Å². The molecule has 0 bridgehead atoms. The first-order valence-electron chi connectivity index (χ1n) is 6.50. The van der Waals surface area contributed by atoms with E-state index in [4.69, 9.17) is 5.11 Å². The van der Waals surface area contributed by atoms with E-state index in [2.05, 4.69) is 10.3 Å². The van der Waals surface area contributed by atoms with Crippen LogP contribution in [0.2, 0.25) is 0 Å². The number of carboxylic acid groups (broad SMARTS) is 1. The molecule has 5 heteroatoms. The zero-order valence-electron chi connectivity index (χ0n) is 10.9. The second kappa shape index (κ2) is 5.82. The van der Waals surface area contributed by atoms with Crippen LogP contribution in [0.5, 0.6) is 0 Å². The fourth-order valence-corrected chi connectivity index (χ4v) is 2.57. The van der Waals surface area contributed by atoms with Crippen molar-refractivity contribution in [1.29, 1.82) is 0 Å². The number of nitrogens with one attached hydrogen (secondary N) is 1. The Morgan fingerprint density at radius 3 is 2.84 bits per heavy atom. The Hall–Kier alpha value is -1.91. The minimum atomic E-state index is -0.869. The van der Waals surface area contributed by atoms with Gasteiger partial charge in [-0.05, 0) is 31.4 Å².